The number of aliphatic hydroxyl groups is 1. The lowest BCUT2D eigenvalue weighted by atomic mass is 10.1. The third-order valence-electron chi connectivity index (χ3n) is 2.54. The fourth-order valence-electron chi connectivity index (χ4n) is 1.44. The number of rotatable bonds is 7. The SMILES string of the molecule is CNS(=O)(=O)Nc1ccc(C(O)CNC(C)C)cc1. The molecule has 0 aliphatic carbocycles. The molecule has 7 heteroatoms. The van der Waals surface area contributed by atoms with Crippen LogP contribution < -0.4 is 14.8 Å². The Balaban J connectivity index is 2.66. The van der Waals surface area contributed by atoms with Gasteiger partial charge in [-0.15, -0.1) is 0 Å². The van der Waals surface area contributed by atoms with E-state index in [-0.39, 0.29) is 0 Å². The van der Waals surface area contributed by atoms with Gasteiger partial charge in [0.2, 0.25) is 0 Å². The van der Waals surface area contributed by atoms with Gasteiger partial charge in [-0.1, -0.05) is 26.0 Å². The molecule has 1 aromatic rings. The average Bonchev–Trinajstić information content (AvgIpc) is 2.36. The summed E-state index contributed by atoms with van der Waals surface area (Å²) in [5, 5.41) is 13.1. The van der Waals surface area contributed by atoms with E-state index in [0.29, 0.717) is 18.3 Å². The first-order valence-corrected chi connectivity index (χ1v) is 7.55. The van der Waals surface area contributed by atoms with Crippen LogP contribution in [-0.2, 0) is 10.2 Å². The van der Waals surface area contributed by atoms with Crippen molar-refractivity contribution >= 4 is 15.9 Å². The predicted molar refractivity (Wildman–Crippen MR) is 76.1 cm³/mol. The van der Waals surface area contributed by atoms with Crippen molar-refractivity contribution in [1.82, 2.24) is 10.0 Å². The maximum atomic E-state index is 11.3. The summed E-state index contributed by atoms with van der Waals surface area (Å²) in [4.78, 5) is 0. The normalized spacial score (nSPS) is 13.5. The smallest absolute Gasteiger partial charge is 0.298 e. The first kappa shape index (κ1) is 15.9. The highest BCUT2D eigenvalue weighted by atomic mass is 32.2. The van der Waals surface area contributed by atoms with Crippen LogP contribution in [0.2, 0.25) is 0 Å². The second-order valence-electron chi connectivity index (χ2n) is 4.51. The summed E-state index contributed by atoms with van der Waals surface area (Å²) in [6, 6.07) is 6.92. The Morgan fingerprint density at radius 3 is 2.26 bits per heavy atom. The fourth-order valence-corrected chi connectivity index (χ4v) is 1.99. The maximum absolute atomic E-state index is 11.3. The lowest BCUT2D eigenvalue weighted by Crippen LogP contribution is -2.28. The van der Waals surface area contributed by atoms with Crippen molar-refractivity contribution in [2.75, 3.05) is 18.3 Å². The highest BCUT2D eigenvalue weighted by Crippen LogP contribution is 2.16. The van der Waals surface area contributed by atoms with Crippen molar-refractivity contribution in [2.24, 2.45) is 0 Å². The van der Waals surface area contributed by atoms with Gasteiger partial charge in [-0.05, 0) is 17.7 Å². The van der Waals surface area contributed by atoms with Crippen LogP contribution in [0.3, 0.4) is 0 Å². The largest absolute Gasteiger partial charge is 0.387 e. The molecule has 0 bridgehead atoms. The average molecular weight is 287 g/mol. The minimum absolute atomic E-state index is 0.302. The molecule has 4 N–H and O–H groups in total. The van der Waals surface area contributed by atoms with Gasteiger partial charge in [-0.2, -0.15) is 8.42 Å². The molecule has 108 valence electrons. The van der Waals surface area contributed by atoms with E-state index >= 15 is 0 Å². The van der Waals surface area contributed by atoms with E-state index in [2.05, 4.69) is 14.8 Å². The van der Waals surface area contributed by atoms with E-state index in [9.17, 15) is 13.5 Å². The van der Waals surface area contributed by atoms with Gasteiger partial charge in [0, 0.05) is 25.3 Å². The van der Waals surface area contributed by atoms with Crippen molar-refractivity contribution in [3.63, 3.8) is 0 Å². The summed E-state index contributed by atoms with van der Waals surface area (Å²) in [7, 11) is -2.17. The van der Waals surface area contributed by atoms with Gasteiger partial charge in [-0.3, -0.25) is 4.72 Å². The molecule has 0 heterocycles. The summed E-state index contributed by atoms with van der Waals surface area (Å²) in [6.07, 6.45) is -0.614. The molecule has 0 aromatic heterocycles. The zero-order chi connectivity index (χ0) is 14.5. The van der Waals surface area contributed by atoms with Gasteiger partial charge in [-0.25, -0.2) is 4.72 Å². The Labute approximate surface area is 114 Å². The van der Waals surface area contributed by atoms with Crippen LogP contribution in [0.4, 0.5) is 5.69 Å². The first-order valence-electron chi connectivity index (χ1n) is 6.07. The number of anilines is 1. The van der Waals surface area contributed by atoms with E-state index in [1.54, 1.807) is 24.3 Å². The van der Waals surface area contributed by atoms with Crippen LogP contribution in [0.5, 0.6) is 0 Å². The Morgan fingerprint density at radius 2 is 1.79 bits per heavy atom. The Bertz CT molecular complexity index is 485. The van der Waals surface area contributed by atoms with Crippen LogP contribution in [0.1, 0.15) is 25.5 Å². The van der Waals surface area contributed by atoms with Gasteiger partial charge in [0.25, 0.3) is 10.2 Å². The van der Waals surface area contributed by atoms with Crippen LogP contribution in [-0.4, -0.2) is 33.2 Å². The summed E-state index contributed by atoms with van der Waals surface area (Å²) in [5.74, 6) is 0. The van der Waals surface area contributed by atoms with Crippen molar-refractivity contribution in [3.05, 3.63) is 29.8 Å². The lowest BCUT2D eigenvalue weighted by Gasteiger charge is -2.15. The molecule has 0 fully saturated rings. The molecule has 6 nitrogen and oxygen atoms in total. The molecule has 1 rings (SSSR count). The van der Waals surface area contributed by atoms with Crippen molar-refractivity contribution < 1.29 is 13.5 Å². The van der Waals surface area contributed by atoms with Crippen molar-refractivity contribution in [2.45, 2.75) is 26.0 Å². The zero-order valence-corrected chi connectivity index (χ0v) is 12.2. The number of nitrogens with one attached hydrogen (secondary N) is 3. The topological polar surface area (TPSA) is 90.5 Å². The molecule has 0 aliphatic heterocycles. The van der Waals surface area contributed by atoms with E-state index in [1.807, 2.05) is 13.8 Å². The third-order valence-corrected chi connectivity index (χ3v) is 3.58. The van der Waals surface area contributed by atoms with Gasteiger partial charge < -0.3 is 10.4 Å². The summed E-state index contributed by atoms with van der Waals surface area (Å²) in [6.45, 7) is 4.46. The Hall–Kier alpha value is -1.15. The summed E-state index contributed by atoms with van der Waals surface area (Å²) in [5.41, 5.74) is 1.18. The number of aliphatic hydroxyl groups excluding tert-OH is 1. The molecule has 0 aliphatic rings. The molecule has 1 unspecified atom stereocenters. The lowest BCUT2D eigenvalue weighted by molar-refractivity contribution is 0.171. The highest BCUT2D eigenvalue weighted by molar-refractivity contribution is 7.90. The molecule has 0 amide bonds. The van der Waals surface area contributed by atoms with Crippen molar-refractivity contribution in [1.29, 1.82) is 0 Å². The summed E-state index contributed by atoms with van der Waals surface area (Å²) < 4.78 is 27.1. The van der Waals surface area contributed by atoms with Crippen LogP contribution in [0.15, 0.2) is 24.3 Å². The standard InChI is InChI=1S/C12H21N3O3S/c1-9(2)14-8-12(16)10-4-6-11(7-5-10)15-19(17,18)13-3/h4-7,9,12-16H,8H2,1-3H3. The number of benzene rings is 1. The monoisotopic (exact) mass is 287 g/mol. The minimum atomic E-state index is -3.50. The van der Waals surface area contributed by atoms with E-state index < -0.39 is 16.3 Å². The molecule has 1 aromatic carbocycles. The van der Waals surface area contributed by atoms with E-state index in [0.717, 1.165) is 5.56 Å². The van der Waals surface area contributed by atoms with Crippen LogP contribution >= 0.6 is 0 Å². The maximum Gasteiger partial charge on any atom is 0.298 e. The second kappa shape index (κ2) is 6.85. The van der Waals surface area contributed by atoms with Crippen LogP contribution in [0.25, 0.3) is 0 Å². The summed E-state index contributed by atoms with van der Waals surface area (Å²) >= 11 is 0. The molecular formula is C12H21N3O3S. The molecular weight excluding hydrogens is 266 g/mol. The molecule has 0 spiro atoms. The quantitative estimate of drug-likeness (QED) is 0.591. The van der Waals surface area contributed by atoms with Crippen LogP contribution in [0, 0.1) is 0 Å². The third kappa shape index (κ3) is 5.56. The van der Waals surface area contributed by atoms with Gasteiger partial charge in [0.05, 0.1) is 6.10 Å². The Morgan fingerprint density at radius 1 is 1.21 bits per heavy atom. The van der Waals surface area contributed by atoms with Gasteiger partial charge >= 0.3 is 0 Å². The minimum Gasteiger partial charge on any atom is -0.387 e. The second-order valence-corrected chi connectivity index (χ2v) is 6.13. The van der Waals surface area contributed by atoms with E-state index in [4.69, 9.17) is 0 Å². The molecule has 0 saturated heterocycles. The van der Waals surface area contributed by atoms with Gasteiger partial charge in [0.15, 0.2) is 0 Å². The molecule has 19 heavy (non-hydrogen) atoms. The zero-order valence-electron chi connectivity index (χ0n) is 11.3. The van der Waals surface area contributed by atoms with E-state index in [1.165, 1.54) is 7.05 Å². The fraction of sp³-hybridized carbons (Fsp3) is 0.500. The molecule has 0 saturated carbocycles. The number of hydrogen-bond acceptors (Lipinski definition) is 4. The highest BCUT2D eigenvalue weighted by Gasteiger charge is 2.09. The van der Waals surface area contributed by atoms with Gasteiger partial charge in [0.1, 0.15) is 0 Å². The number of hydrogen-bond donors (Lipinski definition) is 4. The first-order chi connectivity index (χ1) is 8.84. The molecule has 0 radical (unpaired) electrons. The molecule has 1 atom stereocenters. The predicted octanol–water partition coefficient (Wildman–Crippen LogP) is 0.594. The van der Waals surface area contributed by atoms with Crippen molar-refractivity contribution in [3.8, 4) is 0 Å². The Kier molecular flexibility index (Phi) is 5.74.